The average molecular weight is 383 g/mol. The fraction of sp³-hybridized carbons (Fsp3) is 0.176. The summed E-state index contributed by atoms with van der Waals surface area (Å²) in [6.07, 6.45) is 0. The molecule has 1 heterocycles. The molecule has 0 bridgehead atoms. The van der Waals surface area contributed by atoms with Gasteiger partial charge in [-0.3, -0.25) is 4.79 Å². The topological polar surface area (TPSA) is 43.6 Å². The quantitative estimate of drug-likeness (QED) is 0.684. The molecule has 0 aliphatic heterocycles. The van der Waals surface area contributed by atoms with Crippen molar-refractivity contribution < 1.29 is 18.3 Å². The molecule has 4 nitrogen and oxygen atoms in total. The van der Waals surface area contributed by atoms with Crippen LogP contribution in [0.1, 0.15) is 10.4 Å². The fourth-order valence-electron chi connectivity index (χ4n) is 2.34. The number of aromatic nitrogens is 1. The van der Waals surface area contributed by atoms with E-state index < -0.39 is 17.5 Å². The molecule has 1 aromatic heterocycles. The molecule has 0 aliphatic rings. The maximum absolute atomic E-state index is 13.8. The number of fused-ring (bicyclic) bond motifs is 1. The van der Waals surface area contributed by atoms with E-state index in [0.717, 1.165) is 22.3 Å². The van der Waals surface area contributed by atoms with Crippen LogP contribution < -0.4 is 4.80 Å². The third-order valence-corrected chi connectivity index (χ3v) is 4.80. The SMILES string of the molecule is COCCn1c(=NC(=O)c2ccc(F)cc2F)sc2cc(Cl)ccc21. The van der Waals surface area contributed by atoms with Gasteiger partial charge in [0.15, 0.2) is 4.80 Å². The van der Waals surface area contributed by atoms with Gasteiger partial charge < -0.3 is 9.30 Å². The second-order valence-corrected chi connectivity index (χ2v) is 6.63. The predicted molar refractivity (Wildman–Crippen MR) is 93.0 cm³/mol. The van der Waals surface area contributed by atoms with Gasteiger partial charge in [-0.1, -0.05) is 22.9 Å². The van der Waals surface area contributed by atoms with Crippen LogP contribution in [0, 0.1) is 11.6 Å². The number of halogens is 3. The number of methoxy groups -OCH3 is 1. The van der Waals surface area contributed by atoms with E-state index in [-0.39, 0.29) is 5.56 Å². The van der Waals surface area contributed by atoms with Crippen molar-refractivity contribution in [3.63, 3.8) is 0 Å². The maximum Gasteiger partial charge on any atom is 0.282 e. The molecule has 3 aromatic rings. The minimum Gasteiger partial charge on any atom is -0.383 e. The van der Waals surface area contributed by atoms with E-state index in [9.17, 15) is 13.6 Å². The van der Waals surface area contributed by atoms with Crippen molar-refractivity contribution in [2.24, 2.45) is 4.99 Å². The molecule has 0 radical (unpaired) electrons. The van der Waals surface area contributed by atoms with Gasteiger partial charge in [0.25, 0.3) is 5.91 Å². The number of benzene rings is 2. The monoisotopic (exact) mass is 382 g/mol. The van der Waals surface area contributed by atoms with E-state index in [0.29, 0.717) is 29.0 Å². The molecule has 2 aromatic carbocycles. The van der Waals surface area contributed by atoms with Crippen LogP contribution in [0.4, 0.5) is 8.78 Å². The first-order valence-electron chi connectivity index (χ1n) is 7.31. The third kappa shape index (κ3) is 3.78. The van der Waals surface area contributed by atoms with Crippen molar-refractivity contribution in [2.45, 2.75) is 6.54 Å². The molecular weight excluding hydrogens is 370 g/mol. The van der Waals surface area contributed by atoms with Crippen molar-refractivity contribution in [3.05, 3.63) is 63.4 Å². The van der Waals surface area contributed by atoms with Crippen molar-refractivity contribution in [3.8, 4) is 0 Å². The van der Waals surface area contributed by atoms with Gasteiger partial charge in [0.05, 0.1) is 22.4 Å². The average Bonchev–Trinajstić information content (AvgIpc) is 2.88. The van der Waals surface area contributed by atoms with Crippen LogP contribution in [0.3, 0.4) is 0 Å². The van der Waals surface area contributed by atoms with E-state index in [1.807, 2.05) is 6.07 Å². The number of rotatable bonds is 4. The van der Waals surface area contributed by atoms with Crippen molar-refractivity contribution in [1.29, 1.82) is 0 Å². The van der Waals surface area contributed by atoms with E-state index in [2.05, 4.69) is 4.99 Å². The first kappa shape index (κ1) is 17.7. The van der Waals surface area contributed by atoms with Gasteiger partial charge in [-0.25, -0.2) is 8.78 Å². The summed E-state index contributed by atoms with van der Waals surface area (Å²) >= 11 is 7.27. The number of hydrogen-bond acceptors (Lipinski definition) is 3. The van der Waals surface area contributed by atoms with Gasteiger partial charge in [0.1, 0.15) is 11.6 Å². The number of carbonyl (C=O) groups excluding carboxylic acids is 1. The largest absolute Gasteiger partial charge is 0.383 e. The highest BCUT2D eigenvalue weighted by Gasteiger charge is 2.13. The normalized spacial score (nSPS) is 12.1. The van der Waals surface area contributed by atoms with Gasteiger partial charge in [-0.05, 0) is 30.3 Å². The number of ether oxygens (including phenoxy) is 1. The zero-order valence-electron chi connectivity index (χ0n) is 13.1. The molecule has 130 valence electrons. The molecular formula is C17H13ClF2N2O2S. The lowest BCUT2D eigenvalue weighted by Crippen LogP contribution is -2.19. The Bertz CT molecular complexity index is 1010. The second kappa shape index (κ2) is 7.43. The first-order chi connectivity index (χ1) is 12.0. The summed E-state index contributed by atoms with van der Waals surface area (Å²) in [5.41, 5.74) is 0.563. The van der Waals surface area contributed by atoms with Crippen LogP contribution in [-0.2, 0) is 11.3 Å². The Morgan fingerprint density at radius 1 is 1.28 bits per heavy atom. The van der Waals surface area contributed by atoms with Gasteiger partial charge in [-0.15, -0.1) is 0 Å². The van der Waals surface area contributed by atoms with Gasteiger partial charge in [-0.2, -0.15) is 4.99 Å². The zero-order chi connectivity index (χ0) is 18.0. The van der Waals surface area contributed by atoms with Crippen LogP contribution in [0.5, 0.6) is 0 Å². The van der Waals surface area contributed by atoms with Crippen LogP contribution in [-0.4, -0.2) is 24.2 Å². The van der Waals surface area contributed by atoms with E-state index in [1.54, 1.807) is 23.8 Å². The smallest absolute Gasteiger partial charge is 0.282 e. The minimum absolute atomic E-state index is 0.282. The standard InChI is InChI=1S/C17H13ClF2N2O2S/c1-24-7-6-22-14-5-2-10(18)8-15(14)25-17(22)21-16(23)12-4-3-11(19)9-13(12)20/h2-5,8-9H,6-7H2,1H3. The summed E-state index contributed by atoms with van der Waals surface area (Å²) in [6, 6.07) is 8.10. The Morgan fingerprint density at radius 2 is 2.08 bits per heavy atom. The van der Waals surface area contributed by atoms with E-state index in [1.165, 1.54) is 11.3 Å². The minimum atomic E-state index is -0.943. The van der Waals surface area contributed by atoms with E-state index >= 15 is 0 Å². The highest BCUT2D eigenvalue weighted by atomic mass is 35.5. The Kier molecular flexibility index (Phi) is 5.27. The molecule has 0 aliphatic carbocycles. The molecule has 0 saturated carbocycles. The maximum atomic E-state index is 13.8. The highest BCUT2D eigenvalue weighted by Crippen LogP contribution is 2.22. The summed E-state index contributed by atoms with van der Waals surface area (Å²) in [5.74, 6) is -2.47. The first-order valence-corrected chi connectivity index (χ1v) is 8.51. The Morgan fingerprint density at radius 3 is 2.80 bits per heavy atom. The highest BCUT2D eigenvalue weighted by molar-refractivity contribution is 7.16. The summed E-state index contributed by atoms with van der Waals surface area (Å²) in [4.78, 5) is 16.7. The zero-order valence-corrected chi connectivity index (χ0v) is 14.7. The summed E-state index contributed by atoms with van der Waals surface area (Å²) in [7, 11) is 1.57. The Labute approximate surface area is 151 Å². The van der Waals surface area contributed by atoms with Crippen LogP contribution in [0.15, 0.2) is 41.4 Å². The predicted octanol–water partition coefficient (Wildman–Crippen LogP) is 4.02. The molecule has 0 fully saturated rings. The van der Waals surface area contributed by atoms with Crippen molar-refractivity contribution in [1.82, 2.24) is 4.57 Å². The number of thiazole rings is 1. The molecule has 0 N–H and O–H groups in total. The lowest BCUT2D eigenvalue weighted by atomic mass is 10.2. The number of hydrogen-bond donors (Lipinski definition) is 0. The van der Waals surface area contributed by atoms with Gasteiger partial charge >= 0.3 is 0 Å². The lowest BCUT2D eigenvalue weighted by Gasteiger charge is -2.04. The Balaban J connectivity index is 2.12. The Hall–Kier alpha value is -2.09. The summed E-state index contributed by atoms with van der Waals surface area (Å²) < 4.78 is 34.6. The molecule has 0 atom stereocenters. The van der Waals surface area contributed by atoms with Gasteiger partial charge in [0.2, 0.25) is 0 Å². The molecule has 3 rings (SSSR count). The summed E-state index contributed by atoms with van der Waals surface area (Å²) in [6.45, 7) is 0.886. The number of amides is 1. The lowest BCUT2D eigenvalue weighted by molar-refractivity contribution is 0.0993. The second-order valence-electron chi connectivity index (χ2n) is 5.18. The number of carbonyl (C=O) groups is 1. The van der Waals surface area contributed by atoms with E-state index in [4.69, 9.17) is 16.3 Å². The van der Waals surface area contributed by atoms with Crippen molar-refractivity contribution in [2.75, 3.05) is 13.7 Å². The molecule has 0 spiro atoms. The summed E-state index contributed by atoms with van der Waals surface area (Å²) in [5, 5.41) is 0.565. The molecule has 0 unspecified atom stereocenters. The number of nitrogens with zero attached hydrogens (tertiary/aromatic N) is 2. The fourth-order valence-corrected chi connectivity index (χ4v) is 3.67. The van der Waals surface area contributed by atoms with Crippen LogP contribution in [0.2, 0.25) is 5.02 Å². The molecule has 8 heteroatoms. The van der Waals surface area contributed by atoms with Crippen molar-refractivity contribution >= 4 is 39.1 Å². The molecule has 0 saturated heterocycles. The third-order valence-electron chi connectivity index (χ3n) is 3.52. The van der Waals surface area contributed by atoms with Crippen LogP contribution in [0.25, 0.3) is 10.2 Å². The van der Waals surface area contributed by atoms with Gasteiger partial charge in [0, 0.05) is 24.7 Å². The molecule has 25 heavy (non-hydrogen) atoms. The van der Waals surface area contributed by atoms with Crippen LogP contribution >= 0.6 is 22.9 Å². The molecule has 1 amide bonds.